The van der Waals surface area contributed by atoms with Gasteiger partial charge in [-0.15, -0.1) is 0 Å². The van der Waals surface area contributed by atoms with Crippen LogP contribution >= 0.6 is 11.6 Å². The number of aryl methyl sites for hydroxylation is 1. The number of hydrogen-bond donors (Lipinski definition) is 0. The minimum atomic E-state index is 0.189. The predicted octanol–water partition coefficient (Wildman–Crippen LogP) is 1.92. The number of hydrogen-bond acceptors (Lipinski definition) is 3. The van der Waals surface area contributed by atoms with Crippen molar-refractivity contribution in [2.75, 3.05) is 7.11 Å². The molecule has 1 aromatic rings. The molecule has 0 bridgehead atoms. The Bertz CT molecular complexity index is 344. The molecule has 4 heteroatoms. The highest BCUT2D eigenvalue weighted by atomic mass is 35.5. The largest absolute Gasteiger partial charge is 0.495 e. The lowest BCUT2D eigenvalue weighted by molar-refractivity contribution is 0.412. The monoisotopic (exact) mass is 182 g/mol. The van der Waals surface area contributed by atoms with E-state index in [4.69, 9.17) is 21.6 Å². The summed E-state index contributed by atoms with van der Waals surface area (Å²) in [6.45, 7) is 1.79. The molecule has 12 heavy (non-hydrogen) atoms. The molecule has 0 fully saturated rings. The molecule has 1 rings (SSSR count). The second kappa shape index (κ2) is 3.42. The molecular weight excluding hydrogens is 176 g/mol. The van der Waals surface area contributed by atoms with E-state index in [2.05, 4.69) is 4.98 Å². The summed E-state index contributed by atoms with van der Waals surface area (Å²) in [7, 11) is 1.49. The topological polar surface area (TPSA) is 45.9 Å². The van der Waals surface area contributed by atoms with Crippen LogP contribution in [0.25, 0.3) is 0 Å². The number of nitrogens with zero attached hydrogens (tertiary/aromatic N) is 2. The second-order valence-electron chi connectivity index (χ2n) is 2.24. The summed E-state index contributed by atoms with van der Waals surface area (Å²) in [6, 6.07) is 3.59. The Balaban J connectivity index is 3.36. The Hall–Kier alpha value is -1.27. The van der Waals surface area contributed by atoms with E-state index >= 15 is 0 Å². The van der Waals surface area contributed by atoms with Crippen molar-refractivity contribution in [3.05, 3.63) is 22.5 Å². The first-order valence-corrected chi connectivity index (χ1v) is 3.68. The van der Waals surface area contributed by atoms with Gasteiger partial charge in [0.15, 0.2) is 5.15 Å². The lowest BCUT2D eigenvalue weighted by Gasteiger charge is -2.03. The molecule has 0 atom stereocenters. The normalized spacial score (nSPS) is 9.17. The summed E-state index contributed by atoms with van der Waals surface area (Å²) in [6.07, 6.45) is 0. The molecule has 0 aromatic carbocycles. The van der Waals surface area contributed by atoms with E-state index in [1.54, 1.807) is 13.0 Å². The Morgan fingerprint density at radius 1 is 1.67 bits per heavy atom. The van der Waals surface area contributed by atoms with E-state index in [1.165, 1.54) is 7.11 Å². The van der Waals surface area contributed by atoms with Crippen LogP contribution in [-0.2, 0) is 0 Å². The average molecular weight is 183 g/mol. The molecule has 62 valence electrons. The fourth-order valence-corrected chi connectivity index (χ4v) is 1.14. The lowest BCUT2D eigenvalue weighted by Crippen LogP contribution is -1.93. The fraction of sp³-hybridized carbons (Fsp3) is 0.250. The van der Waals surface area contributed by atoms with E-state index in [9.17, 15) is 0 Å². The van der Waals surface area contributed by atoms with Crippen molar-refractivity contribution in [1.29, 1.82) is 5.26 Å². The van der Waals surface area contributed by atoms with Gasteiger partial charge in [0, 0.05) is 11.8 Å². The smallest absolute Gasteiger partial charge is 0.150 e. The second-order valence-corrected chi connectivity index (χ2v) is 2.60. The van der Waals surface area contributed by atoms with Gasteiger partial charge in [-0.1, -0.05) is 11.6 Å². The van der Waals surface area contributed by atoms with Crippen LogP contribution in [-0.4, -0.2) is 12.1 Å². The van der Waals surface area contributed by atoms with Crippen LogP contribution in [0.4, 0.5) is 0 Å². The van der Waals surface area contributed by atoms with Gasteiger partial charge >= 0.3 is 0 Å². The van der Waals surface area contributed by atoms with Crippen LogP contribution in [0.1, 0.15) is 11.3 Å². The van der Waals surface area contributed by atoms with E-state index in [0.29, 0.717) is 5.75 Å². The van der Waals surface area contributed by atoms with Crippen molar-refractivity contribution in [3.8, 4) is 11.8 Å². The quantitative estimate of drug-likeness (QED) is 0.624. The maximum atomic E-state index is 8.67. The summed E-state index contributed by atoms with van der Waals surface area (Å²) >= 11 is 5.70. The van der Waals surface area contributed by atoms with E-state index in [1.807, 2.05) is 6.07 Å². The SMILES string of the molecule is COc1cc(C)nc(Cl)c1C#N. The molecule has 1 heterocycles. The number of methoxy groups -OCH3 is 1. The molecule has 0 amide bonds. The molecule has 0 N–H and O–H groups in total. The number of rotatable bonds is 1. The molecular formula is C8H7ClN2O. The van der Waals surface area contributed by atoms with Crippen LogP contribution in [0.5, 0.6) is 5.75 Å². The summed E-state index contributed by atoms with van der Waals surface area (Å²) < 4.78 is 4.95. The standard InChI is InChI=1S/C8H7ClN2O/c1-5-3-7(12-2)6(4-10)8(9)11-5/h3H,1-2H3. The third-order valence-electron chi connectivity index (χ3n) is 1.40. The predicted molar refractivity (Wildman–Crippen MR) is 45.3 cm³/mol. The first-order valence-electron chi connectivity index (χ1n) is 3.30. The zero-order valence-electron chi connectivity index (χ0n) is 6.76. The molecule has 0 unspecified atom stereocenters. The van der Waals surface area contributed by atoms with Gasteiger partial charge in [0.1, 0.15) is 17.4 Å². The maximum absolute atomic E-state index is 8.67. The number of halogens is 1. The molecule has 0 saturated carbocycles. The van der Waals surface area contributed by atoms with E-state index < -0.39 is 0 Å². The summed E-state index contributed by atoms with van der Waals surface area (Å²) in [4.78, 5) is 3.92. The van der Waals surface area contributed by atoms with Gasteiger partial charge in [-0.3, -0.25) is 0 Å². The third kappa shape index (κ3) is 1.49. The number of aromatic nitrogens is 1. The molecule has 0 spiro atoms. The minimum Gasteiger partial charge on any atom is -0.495 e. The highest BCUT2D eigenvalue weighted by Crippen LogP contribution is 2.24. The van der Waals surface area contributed by atoms with Crippen molar-refractivity contribution in [1.82, 2.24) is 4.98 Å². The van der Waals surface area contributed by atoms with Gasteiger partial charge in [-0.05, 0) is 6.92 Å². The Morgan fingerprint density at radius 2 is 2.33 bits per heavy atom. The van der Waals surface area contributed by atoms with Crippen molar-refractivity contribution in [3.63, 3.8) is 0 Å². The molecule has 0 radical (unpaired) electrons. The average Bonchev–Trinajstić information content (AvgIpc) is 2.03. The van der Waals surface area contributed by atoms with Gasteiger partial charge in [0.25, 0.3) is 0 Å². The number of ether oxygens (including phenoxy) is 1. The van der Waals surface area contributed by atoms with Crippen LogP contribution in [0.2, 0.25) is 5.15 Å². The molecule has 3 nitrogen and oxygen atoms in total. The first kappa shape index (κ1) is 8.82. The van der Waals surface area contributed by atoms with Gasteiger partial charge in [-0.2, -0.15) is 5.26 Å². The van der Waals surface area contributed by atoms with Crippen molar-refractivity contribution >= 4 is 11.6 Å². The molecule has 0 aliphatic heterocycles. The number of pyridine rings is 1. The van der Waals surface area contributed by atoms with E-state index in [0.717, 1.165) is 5.69 Å². The van der Waals surface area contributed by atoms with Crippen molar-refractivity contribution < 1.29 is 4.74 Å². The molecule has 0 saturated heterocycles. The maximum Gasteiger partial charge on any atom is 0.150 e. The van der Waals surface area contributed by atoms with Gasteiger partial charge in [0.2, 0.25) is 0 Å². The van der Waals surface area contributed by atoms with Crippen LogP contribution in [0.15, 0.2) is 6.07 Å². The van der Waals surface area contributed by atoms with Gasteiger partial charge in [-0.25, -0.2) is 4.98 Å². The summed E-state index contributed by atoms with van der Waals surface area (Å²) in [5.41, 5.74) is 1.01. The molecule has 0 aliphatic carbocycles. The van der Waals surface area contributed by atoms with Crippen LogP contribution in [0.3, 0.4) is 0 Å². The zero-order chi connectivity index (χ0) is 9.14. The number of nitriles is 1. The molecule has 0 aliphatic rings. The van der Waals surface area contributed by atoms with Crippen molar-refractivity contribution in [2.24, 2.45) is 0 Å². The Labute approximate surface area is 75.6 Å². The Kier molecular flexibility index (Phi) is 2.51. The van der Waals surface area contributed by atoms with Gasteiger partial charge in [0.05, 0.1) is 7.11 Å². The fourth-order valence-electron chi connectivity index (χ4n) is 0.869. The third-order valence-corrected chi connectivity index (χ3v) is 1.67. The Morgan fingerprint density at radius 3 is 2.83 bits per heavy atom. The van der Waals surface area contributed by atoms with Crippen LogP contribution < -0.4 is 4.74 Å². The highest BCUT2D eigenvalue weighted by Gasteiger charge is 2.08. The van der Waals surface area contributed by atoms with E-state index in [-0.39, 0.29) is 10.7 Å². The van der Waals surface area contributed by atoms with Gasteiger partial charge < -0.3 is 4.74 Å². The first-order chi connectivity index (χ1) is 5.69. The minimum absolute atomic E-state index is 0.189. The highest BCUT2D eigenvalue weighted by molar-refractivity contribution is 6.30. The molecule has 1 aromatic heterocycles. The van der Waals surface area contributed by atoms with Crippen molar-refractivity contribution in [2.45, 2.75) is 6.92 Å². The lowest BCUT2D eigenvalue weighted by atomic mass is 10.2. The summed E-state index contributed by atoms with van der Waals surface area (Å²) in [5, 5.41) is 8.86. The zero-order valence-corrected chi connectivity index (χ0v) is 7.51. The van der Waals surface area contributed by atoms with Crippen LogP contribution in [0, 0.1) is 18.3 Å². The summed E-state index contributed by atoms with van der Waals surface area (Å²) in [5.74, 6) is 0.468.